The smallest absolute Gasteiger partial charge is 0.218 e. The van der Waals surface area contributed by atoms with Crippen LogP contribution >= 0.6 is 15.9 Å². The Balaban J connectivity index is 2.12. The van der Waals surface area contributed by atoms with Gasteiger partial charge in [0.05, 0.1) is 0 Å². The number of hydrogen-bond acceptors (Lipinski definition) is 3. The van der Waals surface area contributed by atoms with E-state index in [0.717, 1.165) is 21.3 Å². The normalized spacial score (nSPS) is 10.4. The summed E-state index contributed by atoms with van der Waals surface area (Å²) in [6.45, 7) is 2.86. The van der Waals surface area contributed by atoms with Gasteiger partial charge in [-0.1, -0.05) is 34.1 Å². The fourth-order valence-corrected chi connectivity index (χ4v) is 2.07. The van der Waals surface area contributed by atoms with Crippen LogP contribution in [0, 0.1) is 6.92 Å². The first kappa shape index (κ1) is 13.1. The average Bonchev–Trinajstić information content (AvgIpc) is 2.37. The Morgan fingerprint density at radius 3 is 2.83 bits per heavy atom. The molecule has 18 heavy (non-hydrogen) atoms. The van der Waals surface area contributed by atoms with Crippen LogP contribution in [0.5, 0.6) is 5.88 Å². The zero-order chi connectivity index (χ0) is 13.0. The lowest BCUT2D eigenvalue weighted by Gasteiger charge is -2.10. The molecule has 0 saturated carbocycles. The minimum absolute atomic E-state index is 0.432. The van der Waals surface area contributed by atoms with Crippen molar-refractivity contribution in [3.8, 4) is 5.88 Å². The number of ether oxygens (including phenoxy) is 1. The average molecular weight is 307 g/mol. The molecule has 0 saturated heterocycles. The van der Waals surface area contributed by atoms with Gasteiger partial charge in [-0.2, -0.15) is 0 Å². The fraction of sp³-hybridized carbons (Fsp3) is 0.214. The van der Waals surface area contributed by atoms with Crippen LogP contribution in [0.1, 0.15) is 16.8 Å². The molecule has 0 radical (unpaired) electrons. The second kappa shape index (κ2) is 5.98. The number of rotatable bonds is 4. The Hall–Kier alpha value is -1.39. The fourth-order valence-electron chi connectivity index (χ4n) is 1.62. The van der Waals surface area contributed by atoms with Crippen LogP contribution in [0.2, 0.25) is 0 Å². The third kappa shape index (κ3) is 3.31. The second-order valence-corrected chi connectivity index (χ2v) is 4.96. The number of benzene rings is 1. The van der Waals surface area contributed by atoms with Crippen molar-refractivity contribution in [2.45, 2.75) is 20.1 Å². The zero-order valence-electron chi connectivity index (χ0n) is 10.2. The summed E-state index contributed by atoms with van der Waals surface area (Å²) in [4.78, 5) is 4.37. The largest absolute Gasteiger partial charge is 0.473 e. The predicted octanol–water partition coefficient (Wildman–Crippen LogP) is 3.19. The van der Waals surface area contributed by atoms with E-state index < -0.39 is 0 Å². The third-order valence-electron chi connectivity index (χ3n) is 2.56. The van der Waals surface area contributed by atoms with Gasteiger partial charge in [-0.15, -0.1) is 0 Å². The monoisotopic (exact) mass is 306 g/mol. The van der Waals surface area contributed by atoms with Crippen molar-refractivity contribution in [3.63, 3.8) is 0 Å². The lowest BCUT2D eigenvalue weighted by atomic mass is 10.2. The Morgan fingerprint density at radius 1 is 1.28 bits per heavy atom. The molecule has 0 atom stereocenters. The highest BCUT2D eigenvalue weighted by molar-refractivity contribution is 9.10. The van der Waals surface area contributed by atoms with Crippen molar-refractivity contribution < 1.29 is 4.74 Å². The van der Waals surface area contributed by atoms with E-state index in [1.54, 1.807) is 0 Å². The lowest BCUT2D eigenvalue weighted by Crippen LogP contribution is -2.05. The highest BCUT2D eigenvalue weighted by Gasteiger charge is 2.05. The Bertz CT molecular complexity index is 543. The van der Waals surface area contributed by atoms with Crippen LogP contribution in [-0.2, 0) is 13.2 Å². The maximum Gasteiger partial charge on any atom is 0.218 e. The molecule has 0 aliphatic rings. The van der Waals surface area contributed by atoms with Crippen molar-refractivity contribution in [2.24, 2.45) is 5.73 Å². The summed E-state index contributed by atoms with van der Waals surface area (Å²) >= 11 is 3.44. The van der Waals surface area contributed by atoms with Gasteiger partial charge in [0.2, 0.25) is 5.88 Å². The first-order chi connectivity index (χ1) is 8.69. The van der Waals surface area contributed by atoms with E-state index in [-0.39, 0.29) is 0 Å². The molecule has 0 unspecified atom stereocenters. The van der Waals surface area contributed by atoms with Gasteiger partial charge in [0.25, 0.3) is 0 Å². The highest BCUT2D eigenvalue weighted by Crippen LogP contribution is 2.18. The topological polar surface area (TPSA) is 48.1 Å². The molecule has 0 spiro atoms. The summed E-state index contributed by atoms with van der Waals surface area (Å²) in [5.41, 5.74) is 8.61. The van der Waals surface area contributed by atoms with Crippen LogP contribution < -0.4 is 10.5 Å². The van der Waals surface area contributed by atoms with Crippen LogP contribution in [0.15, 0.2) is 40.9 Å². The molecule has 1 aromatic carbocycles. The predicted molar refractivity (Wildman–Crippen MR) is 75.3 cm³/mol. The van der Waals surface area contributed by atoms with E-state index in [2.05, 4.69) is 20.9 Å². The Morgan fingerprint density at radius 2 is 2.11 bits per heavy atom. The van der Waals surface area contributed by atoms with Crippen LogP contribution in [0.4, 0.5) is 0 Å². The minimum Gasteiger partial charge on any atom is -0.473 e. The molecule has 0 aliphatic carbocycles. The van der Waals surface area contributed by atoms with E-state index >= 15 is 0 Å². The molecule has 3 nitrogen and oxygen atoms in total. The number of pyridine rings is 1. The first-order valence-electron chi connectivity index (χ1n) is 5.73. The molecule has 0 fully saturated rings. The van der Waals surface area contributed by atoms with Gasteiger partial charge >= 0.3 is 0 Å². The van der Waals surface area contributed by atoms with Gasteiger partial charge in [-0.25, -0.2) is 4.98 Å². The van der Waals surface area contributed by atoms with Crippen LogP contribution in [-0.4, -0.2) is 4.98 Å². The van der Waals surface area contributed by atoms with Gasteiger partial charge in [-0.3, -0.25) is 0 Å². The van der Waals surface area contributed by atoms with E-state index in [4.69, 9.17) is 10.5 Å². The quantitative estimate of drug-likeness (QED) is 0.943. The number of aryl methyl sites for hydroxylation is 1. The van der Waals surface area contributed by atoms with Gasteiger partial charge in [0.15, 0.2) is 0 Å². The van der Waals surface area contributed by atoms with Crippen LogP contribution in [0.3, 0.4) is 0 Å². The molecule has 4 heteroatoms. The van der Waals surface area contributed by atoms with Crippen molar-refractivity contribution in [1.82, 2.24) is 4.98 Å². The SMILES string of the molecule is Cc1ccc(CN)c(OCc2cccc(Br)c2)n1. The maximum absolute atomic E-state index is 5.74. The van der Waals surface area contributed by atoms with Gasteiger partial charge < -0.3 is 10.5 Å². The molecule has 2 N–H and O–H groups in total. The highest BCUT2D eigenvalue weighted by atomic mass is 79.9. The number of halogens is 1. The van der Waals surface area contributed by atoms with Gasteiger partial charge in [0.1, 0.15) is 6.61 Å². The Kier molecular flexibility index (Phi) is 4.33. The molecule has 94 valence electrons. The Labute approximate surface area is 115 Å². The van der Waals surface area contributed by atoms with E-state index in [9.17, 15) is 0 Å². The molecule has 0 bridgehead atoms. The van der Waals surface area contributed by atoms with Crippen LogP contribution in [0.25, 0.3) is 0 Å². The molecule has 1 heterocycles. The minimum atomic E-state index is 0.432. The molecule has 1 aromatic heterocycles. The number of aromatic nitrogens is 1. The standard InChI is InChI=1S/C14H15BrN2O/c1-10-5-6-12(8-16)14(17-10)18-9-11-3-2-4-13(15)7-11/h2-7H,8-9,16H2,1H3. The first-order valence-corrected chi connectivity index (χ1v) is 6.52. The zero-order valence-corrected chi connectivity index (χ0v) is 11.8. The molecular weight excluding hydrogens is 292 g/mol. The number of nitrogens with two attached hydrogens (primary N) is 1. The molecule has 2 aromatic rings. The lowest BCUT2D eigenvalue weighted by molar-refractivity contribution is 0.290. The van der Waals surface area contributed by atoms with E-state index in [1.165, 1.54) is 0 Å². The number of nitrogens with zero attached hydrogens (tertiary/aromatic N) is 1. The number of hydrogen-bond donors (Lipinski definition) is 1. The summed E-state index contributed by atoms with van der Waals surface area (Å²) in [6, 6.07) is 11.9. The van der Waals surface area contributed by atoms with E-state index in [1.807, 2.05) is 43.3 Å². The molecule has 0 aliphatic heterocycles. The van der Waals surface area contributed by atoms with E-state index in [0.29, 0.717) is 19.0 Å². The molecule has 0 amide bonds. The summed E-state index contributed by atoms with van der Waals surface area (Å²) in [6.07, 6.45) is 0. The molecular formula is C14H15BrN2O. The summed E-state index contributed by atoms with van der Waals surface area (Å²) < 4.78 is 6.78. The van der Waals surface area contributed by atoms with Crippen molar-refractivity contribution in [3.05, 3.63) is 57.7 Å². The summed E-state index contributed by atoms with van der Waals surface area (Å²) in [7, 11) is 0. The molecule has 2 rings (SSSR count). The van der Waals surface area contributed by atoms with Gasteiger partial charge in [0, 0.05) is 22.3 Å². The third-order valence-corrected chi connectivity index (χ3v) is 3.06. The van der Waals surface area contributed by atoms with Gasteiger partial charge in [-0.05, 0) is 30.7 Å². The van der Waals surface area contributed by atoms with Crippen molar-refractivity contribution in [2.75, 3.05) is 0 Å². The summed E-state index contributed by atoms with van der Waals surface area (Å²) in [5.74, 6) is 0.623. The second-order valence-electron chi connectivity index (χ2n) is 4.04. The van der Waals surface area contributed by atoms with Crippen molar-refractivity contribution in [1.29, 1.82) is 0 Å². The summed E-state index contributed by atoms with van der Waals surface area (Å²) in [5, 5.41) is 0. The van der Waals surface area contributed by atoms with Crippen molar-refractivity contribution >= 4 is 15.9 Å². The maximum atomic E-state index is 5.74.